The number of carbonyl (C=O) groups excluding carboxylic acids is 4. The largest absolute Gasteiger partial charge is 0.507 e. The molecule has 1 unspecified atom stereocenters. The summed E-state index contributed by atoms with van der Waals surface area (Å²) in [6.45, 7) is 14.8. The zero-order chi connectivity index (χ0) is 60.8. The first-order valence-electron chi connectivity index (χ1n) is 28.2. The molecule has 2 aromatic carbocycles. The molecule has 0 aromatic heterocycles. The fraction of sp³-hybridized carbons (Fsp3) is 0.754. The number of hydrogen-bond donors (Lipinski definition) is 8. The molecule has 83 heavy (non-hydrogen) atoms. The van der Waals surface area contributed by atoms with Gasteiger partial charge < -0.3 is 107 Å². The molecule has 1 aliphatic carbocycles. The molecule has 5 fully saturated rings. The van der Waals surface area contributed by atoms with Crippen LogP contribution in [0.3, 0.4) is 0 Å². The van der Waals surface area contributed by atoms with Gasteiger partial charge in [-0.2, -0.15) is 0 Å². The van der Waals surface area contributed by atoms with Crippen LogP contribution in [-0.4, -0.2) is 225 Å². The molecule has 26 heteroatoms. The Bertz CT molecular complexity index is 2620. The average molecular weight is 1180 g/mol. The SMILES string of the molecule is CO[C@@H]1[C@H](O)C[C@@H](O[C@@H]2C[C@H](Oc3cc4cc5c(c(O)c4c(O)c3C)C(=O)[C@@H](O[C@H]3C[C@@H](O[C@H]4C[C@@H](O[C@@H]6C[C@](C)(O)[C@H](OC(C)=O)[C@H](C)O6)[C@H](O)[C@@H](C)O4)[C@H](O)[C@@H](C)O3)C([C@H](OC)C(=O)[C@@H](O)[C@@H](C)O)C5)O[C@H](C)[C@@H]2OC(C)=O)O[C@@H]1C. The molecule has 5 saturated heterocycles. The molecule has 5 aliphatic heterocycles. The van der Waals surface area contributed by atoms with E-state index in [-0.39, 0.29) is 71.7 Å². The van der Waals surface area contributed by atoms with Gasteiger partial charge in [0, 0.05) is 71.7 Å². The zero-order valence-corrected chi connectivity index (χ0v) is 48.7. The topological polar surface area (TPSA) is 359 Å². The van der Waals surface area contributed by atoms with Crippen LogP contribution >= 0.6 is 0 Å². The number of hydrogen-bond acceptors (Lipinski definition) is 26. The lowest BCUT2D eigenvalue weighted by Crippen LogP contribution is -2.59. The fourth-order valence-corrected chi connectivity index (χ4v) is 12.4. The van der Waals surface area contributed by atoms with Crippen LogP contribution in [0.1, 0.15) is 116 Å². The Labute approximate surface area is 480 Å². The van der Waals surface area contributed by atoms with Crippen molar-refractivity contribution in [3.63, 3.8) is 0 Å². The average Bonchev–Trinajstić information content (AvgIpc) is 3.47. The normalized spacial score (nSPS) is 39.7. The highest BCUT2D eigenvalue weighted by Crippen LogP contribution is 2.48. The predicted octanol–water partition coefficient (Wildman–Crippen LogP) is 1.55. The van der Waals surface area contributed by atoms with Crippen molar-refractivity contribution in [3.05, 3.63) is 28.8 Å². The number of Topliss-reactive ketones (excluding diaryl/α,β-unsaturated/α-hetero) is 2. The Morgan fingerprint density at radius 2 is 1.22 bits per heavy atom. The molecular formula is C57H82O26. The second-order valence-electron chi connectivity index (χ2n) is 23.1. The molecule has 0 spiro atoms. The van der Waals surface area contributed by atoms with Gasteiger partial charge >= 0.3 is 11.9 Å². The van der Waals surface area contributed by atoms with E-state index >= 15 is 4.79 Å². The van der Waals surface area contributed by atoms with E-state index in [0.29, 0.717) is 0 Å². The van der Waals surface area contributed by atoms with Crippen LogP contribution in [0.5, 0.6) is 17.2 Å². The Hall–Kier alpha value is -4.30. The van der Waals surface area contributed by atoms with Crippen LogP contribution in [0.15, 0.2) is 12.1 Å². The lowest BCUT2D eigenvalue weighted by molar-refractivity contribution is -0.334. The van der Waals surface area contributed by atoms with Gasteiger partial charge in [0.1, 0.15) is 65.6 Å². The fourth-order valence-electron chi connectivity index (χ4n) is 12.4. The third-order valence-corrected chi connectivity index (χ3v) is 16.6. The second kappa shape index (κ2) is 26.4. The molecule has 6 aliphatic rings. The Morgan fingerprint density at radius 3 is 1.78 bits per heavy atom. The summed E-state index contributed by atoms with van der Waals surface area (Å²) in [7, 11) is 2.64. The lowest BCUT2D eigenvalue weighted by Gasteiger charge is -2.46. The van der Waals surface area contributed by atoms with Gasteiger partial charge in [0.2, 0.25) is 6.29 Å². The van der Waals surface area contributed by atoms with Crippen LogP contribution in [-0.2, 0) is 82.4 Å². The maximum atomic E-state index is 15.1. The lowest BCUT2D eigenvalue weighted by atomic mass is 9.75. The van der Waals surface area contributed by atoms with Gasteiger partial charge in [0.15, 0.2) is 48.9 Å². The molecular weight excluding hydrogens is 1100 g/mol. The number of aliphatic hydroxyl groups is 6. The summed E-state index contributed by atoms with van der Waals surface area (Å²) < 4.78 is 84.2. The molecule has 0 amide bonds. The van der Waals surface area contributed by atoms with E-state index in [2.05, 4.69) is 0 Å². The molecule has 26 nitrogen and oxygen atoms in total. The van der Waals surface area contributed by atoms with Crippen molar-refractivity contribution in [2.45, 2.75) is 255 Å². The number of fused-ring (bicyclic) bond motifs is 2. The summed E-state index contributed by atoms with van der Waals surface area (Å²) in [6, 6.07) is 3.04. The monoisotopic (exact) mass is 1180 g/mol. The molecule has 25 atom stereocenters. The van der Waals surface area contributed by atoms with Crippen molar-refractivity contribution < 1.29 is 126 Å². The highest BCUT2D eigenvalue weighted by molar-refractivity contribution is 6.11. The smallest absolute Gasteiger partial charge is 0.303 e. The minimum atomic E-state index is -1.96. The number of esters is 2. The van der Waals surface area contributed by atoms with Gasteiger partial charge in [-0.15, -0.1) is 0 Å². The minimum absolute atomic E-state index is 0.0251. The summed E-state index contributed by atoms with van der Waals surface area (Å²) in [6.07, 6.45) is -25.9. The van der Waals surface area contributed by atoms with Crippen molar-refractivity contribution in [3.8, 4) is 17.2 Å². The van der Waals surface area contributed by atoms with Gasteiger partial charge in [-0.05, 0) is 84.9 Å². The third-order valence-electron chi connectivity index (χ3n) is 16.6. The van der Waals surface area contributed by atoms with Crippen LogP contribution in [0.2, 0.25) is 0 Å². The van der Waals surface area contributed by atoms with E-state index in [1.165, 1.54) is 67.9 Å². The molecule has 5 heterocycles. The Morgan fingerprint density at radius 1 is 0.687 bits per heavy atom. The molecule has 466 valence electrons. The van der Waals surface area contributed by atoms with E-state index in [0.717, 1.165) is 0 Å². The number of aromatic hydroxyl groups is 2. The maximum absolute atomic E-state index is 15.1. The first-order chi connectivity index (χ1) is 39.0. The molecule has 2 aromatic rings. The first kappa shape index (κ1) is 64.7. The molecule has 0 radical (unpaired) electrons. The number of benzene rings is 2. The van der Waals surface area contributed by atoms with Crippen molar-refractivity contribution in [1.29, 1.82) is 0 Å². The number of ketones is 2. The summed E-state index contributed by atoms with van der Waals surface area (Å²) in [4.78, 5) is 53.2. The predicted molar refractivity (Wildman–Crippen MR) is 282 cm³/mol. The number of methoxy groups -OCH3 is 2. The van der Waals surface area contributed by atoms with Crippen LogP contribution in [0, 0.1) is 12.8 Å². The van der Waals surface area contributed by atoms with E-state index in [4.69, 9.17) is 66.3 Å². The van der Waals surface area contributed by atoms with Gasteiger partial charge in [0.25, 0.3) is 0 Å². The highest BCUT2D eigenvalue weighted by Gasteiger charge is 2.52. The first-order valence-corrected chi connectivity index (χ1v) is 28.2. The number of phenols is 2. The molecule has 0 saturated carbocycles. The summed E-state index contributed by atoms with van der Waals surface area (Å²) in [5.74, 6) is -5.32. The van der Waals surface area contributed by atoms with E-state index in [9.17, 15) is 55.2 Å². The van der Waals surface area contributed by atoms with Crippen LogP contribution < -0.4 is 4.74 Å². The molecule has 8 N–H and O–H groups in total. The Balaban J connectivity index is 1.04. The number of ether oxygens (including phenoxy) is 14. The number of carbonyl (C=O) groups is 4. The standard InChI is InChI=1S/C57H82O26/c1-21-34(79-40-19-37(53(26(6)75-40)77-28(8)59)82-38-16-33(61)52(70-11)25(5)74-38)15-31-13-30-14-32(54(71-12)51(68)46(63)22(2)58)55(50(67)44(30)49(66)43(31)45(21)62)83-41-18-35(47(64)24(4)73-41)80-39-17-36(48(65)23(3)72-39)81-42-20-57(10,69)56(27(7)76-42)78-29(9)60/h13,15,22-27,32-33,35-42,46-48,52-56,58,61-66,69H,14,16-20H2,1-12H3/t22-,23-,24-,25-,26-,27+,32?,33-,35-,36-,37-,38-,39+,40+,41+,42-,46+,47-,48-,52+,53+,54+,55+,56-,57+/m1/s1. The number of phenolic OH excluding ortho intramolecular Hbond substituents is 2. The van der Waals surface area contributed by atoms with Crippen LogP contribution in [0.25, 0.3) is 10.8 Å². The zero-order valence-electron chi connectivity index (χ0n) is 48.7. The highest BCUT2D eigenvalue weighted by atomic mass is 16.7. The number of rotatable bonds is 18. The summed E-state index contributed by atoms with van der Waals surface area (Å²) in [5, 5.41) is 90.1. The van der Waals surface area contributed by atoms with E-state index in [1.807, 2.05) is 0 Å². The van der Waals surface area contributed by atoms with Crippen molar-refractivity contribution in [2.75, 3.05) is 14.2 Å². The molecule has 8 rings (SSSR count). The summed E-state index contributed by atoms with van der Waals surface area (Å²) in [5.41, 5.74) is -1.51. The van der Waals surface area contributed by atoms with E-state index < -0.39 is 188 Å². The van der Waals surface area contributed by atoms with Crippen molar-refractivity contribution in [1.82, 2.24) is 0 Å². The van der Waals surface area contributed by atoms with E-state index in [1.54, 1.807) is 27.7 Å². The van der Waals surface area contributed by atoms with Gasteiger partial charge in [0.05, 0.1) is 65.9 Å². The van der Waals surface area contributed by atoms with Gasteiger partial charge in [-0.1, -0.05) is 0 Å². The van der Waals surface area contributed by atoms with Crippen molar-refractivity contribution >= 4 is 34.3 Å². The van der Waals surface area contributed by atoms with Crippen LogP contribution in [0.4, 0.5) is 0 Å². The molecule has 0 bridgehead atoms. The Kier molecular flexibility index (Phi) is 20.5. The second-order valence-corrected chi connectivity index (χ2v) is 23.1. The summed E-state index contributed by atoms with van der Waals surface area (Å²) >= 11 is 0. The quantitative estimate of drug-likeness (QED) is 0.0982. The van der Waals surface area contributed by atoms with Gasteiger partial charge in [-0.3, -0.25) is 19.2 Å². The van der Waals surface area contributed by atoms with Gasteiger partial charge in [-0.25, -0.2) is 0 Å². The number of aliphatic hydroxyl groups excluding tert-OH is 5. The van der Waals surface area contributed by atoms with Crippen molar-refractivity contribution in [2.24, 2.45) is 5.92 Å². The minimum Gasteiger partial charge on any atom is -0.507 e. The third kappa shape index (κ3) is 13.9. The maximum Gasteiger partial charge on any atom is 0.303 e.